The number of ketones is 1. The minimum Gasteiger partial charge on any atom is -0.506 e. The Labute approximate surface area is 180 Å². The number of nitrogens with zero attached hydrogens (tertiary/aromatic N) is 1. The highest BCUT2D eigenvalue weighted by atomic mass is 32.2. The summed E-state index contributed by atoms with van der Waals surface area (Å²) < 4.78 is 43.4. The lowest BCUT2D eigenvalue weighted by atomic mass is 9.63. The van der Waals surface area contributed by atoms with Gasteiger partial charge in [0.15, 0.2) is 11.6 Å². The zero-order valence-electron chi connectivity index (χ0n) is 17.3. The summed E-state index contributed by atoms with van der Waals surface area (Å²) in [7, 11) is -4.08. The predicted octanol–water partition coefficient (Wildman–Crippen LogP) is 4.73. The predicted molar refractivity (Wildman–Crippen MR) is 117 cm³/mol. The summed E-state index contributed by atoms with van der Waals surface area (Å²) in [6.07, 6.45) is 2.31. The number of Topliss-reactive ketones (excluding diaryl/α,β-unsaturated/α-hetero) is 1. The van der Waals surface area contributed by atoms with Crippen molar-refractivity contribution in [3.8, 4) is 0 Å². The highest BCUT2D eigenvalue weighted by molar-refractivity contribution is 7.90. The molecule has 2 aliphatic rings. The van der Waals surface area contributed by atoms with E-state index < -0.39 is 32.8 Å². The van der Waals surface area contributed by atoms with Crippen LogP contribution in [0.3, 0.4) is 0 Å². The summed E-state index contributed by atoms with van der Waals surface area (Å²) in [6.45, 7) is 3.89. The van der Waals surface area contributed by atoms with Gasteiger partial charge in [0.2, 0.25) is 0 Å². The average molecular weight is 443 g/mol. The lowest BCUT2D eigenvalue weighted by Gasteiger charge is -2.39. The number of hydrogen-bond donors (Lipinski definition) is 2. The van der Waals surface area contributed by atoms with Crippen LogP contribution >= 0.6 is 0 Å². The standard InChI is InChI=1S/C23H23FN2O4S/c1-3-11-23(12-4-2)16-10-9-14(24)13-15(16)20(27)19(21(23)28)22-25-17-7-5-6-8-18(17)31(29,30)26-22/h5-10,13,27H,3-4,11-12H2,1-2H3,(H,25,26). The zero-order chi connectivity index (χ0) is 22.4. The van der Waals surface area contributed by atoms with E-state index in [4.69, 9.17) is 0 Å². The number of hydrogen-bond acceptors (Lipinski definition) is 5. The van der Waals surface area contributed by atoms with Crippen LogP contribution in [0, 0.1) is 5.82 Å². The van der Waals surface area contributed by atoms with Crippen LogP contribution in [0.25, 0.3) is 5.76 Å². The van der Waals surface area contributed by atoms with Gasteiger partial charge in [-0.05, 0) is 42.7 Å². The molecule has 31 heavy (non-hydrogen) atoms. The van der Waals surface area contributed by atoms with Crippen LogP contribution in [0.15, 0.2) is 57.3 Å². The smallest absolute Gasteiger partial charge is 0.286 e. The molecule has 4 rings (SSSR count). The van der Waals surface area contributed by atoms with E-state index in [-0.39, 0.29) is 27.6 Å². The second kappa shape index (κ2) is 7.60. The Bertz CT molecular complexity index is 1240. The number of fused-ring (bicyclic) bond motifs is 2. The van der Waals surface area contributed by atoms with Crippen LogP contribution in [-0.2, 0) is 20.2 Å². The topological polar surface area (TPSA) is 95.8 Å². The number of sulfonamides is 1. The normalized spacial score (nSPS) is 18.7. The number of carbonyl (C=O) groups excluding carboxylic acids is 1. The summed E-state index contributed by atoms with van der Waals surface area (Å²) in [5.41, 5.74) is -0.208. The molecule has 0 amide bonds. The van der Waals surface area contributed by atoms with Crippen molar-refractivity contribution in [3.63, 3.8) is 0 Å². The molecule has 0 saturated heterocycles. The fourth-order valence-electron chi connectivity index (χ4n) is 4.65. The first-order valence-corrected chi connectivity index (χ1v) is 11.7. The number of benzene rings is 2. The van der Waals surface area contributed by atoms with E-state index in [9.17, 15) is 22.7 Å². The van der Waals surface area contributed by atoms with E-state index in [1.165, 1.54) is 18.2 Å². The third-order valence-corrected chi connectivity index (χ3v) is 7.21. The maximum absolute atomic E-state index is 14.1. The van der Waals surface area contributed by atoms with Gasteiger partial charge in [0.25, 0.3) is 10.0 Å². The van der Waals surface area contributed by atoms with Crippen molar-refractivity contribution in [1.29, 1.82) is 0 Å². The molecule has 0 atom stereocenters. The highest BCUT2D eigenvalue weighted by Gasteiger charge is 2.48. The first-order chi connectivity index (χ1) is 14.7. The number of anilines is 1. The fourth-order valence-corrected chi connectivity index (χ4v) is 5.77. The van der Waals surface area contributed by atoms with Gasteiger partial charge in [-0.2, -0.15) is 8.42 Å². The van der Waals surface area contributed by atoms with Crippen molar-refractivity contribution < 1.29 is 22.7 Å². The number of amidine groups is 1. The Morgan fingerprint density at radius 3 is 2.45 bits per heavy atom. The van der Waals surface area contributed by atoms with Gasteiger partial charge in [-0.15, -0.1) is 4.40 Å². The molecule has 2 aromatic rings. The SMILES string of the molecule is CCCC1(CCC)C(=O)C(C2=NS(=O)(=O)c3ccccc3N2)=C(O)c2cc(F)ccc21. The summed E-state index contributed by atoms with van der Waals surface area (Å²) in [5.74, 6) is -1.68. The Kier molecular flexibility index (Phi) is 5.21. The van der Waals surface area contributed by atoms with Gasteiger partial charge in [-0.1, -0.05) is 44.9 Å². The minimum absolute atomic E-state index is 0.0121. The molecule has 0 unspecified atom stereocenters. The molecule has 6 nitrogen and oxygen atoms in total. The van der Waals surface area contributed by atoms with Gasteiger partial charge in [0.1, 0.15) is 22.0 Å². The molecule has 0 aromatic heterocycles. The van der Waals surface area contributed by atoms with Crippen LogP contribution in [0.2, 0.25) is 0 Å². The Hall–Kier alpha value is -3.00. The molecule has 2 aromatic carbocycles. The largest absolute Gasteiger partial charge is 0.506 e. The van der Waals surface area contributed by atoms with Gasteiger partial charge in [-0.25, -0.2) is 4.39 Å². The van der Waals surface area contributed by atoms with Gasteiger partial charge in [-0.3, -0.25) is 4.79 Å². The number of halogens is 1. The number of para-hydroxylation sites is 1. The molecule has 162 valence electrons. The number of carbonyl (C=O) groups is 1. The third kappa shape index (κ3) is 3.26. The average Bonchev–Trinajstić information content (AvgIpc) is 2.72. The Morgan fingerprint density at radius 2 is 1.77 bits per heavy atom. The lowest BCUT2D eigenvalue weighted by Crippen LogP contribution is -2.44. The van der Waals surface area contributed by atoms with E-state index in [1.54, 1.807) is 24.3 Å². The van der Waals surface area contributed by atoms with E-state index in [1.807, 2.05) is 13.8 Å². The maximum atomic E-state index is 14.1. The second-order valence-electron chi connectivity index (χ2n) is 7.86. The van der Waals surface area contributed by atoms with Crippen molar-refractivity contribution in [2.45, 2.75) is 49.8 Å². The van der Waals surface area contributed by atoms with E-state index in [2.05, 4.69) is 9.71 Å². The van der Waals surface area contributed by atoms with Gasteiger partial charge >= 0.3 is 0 Å². The maximum Gasteiger partial charge on any atom is 0.286 e. The molecule has 0 spiro atoms. The Morgan fingerprint density at radius 1 is 1.10 bits per heavy atom. The van der Waals surface area contributed by atoms with E-state index in [0.717, 1.165) is 0 Å². The fraction of sp³-hybridized carbons (Fsp3) is 0.304. The van der Waals surface area contributed by atoms with Crippen LogP contribution in [0.1, 0.15) is 50.7 Å². The highest BCUT2D eigenvalue weighted by Crippen LogP contribution is 2.46. The first-order valence-electron chi connectivity index (χ1n) is 10.2. The first kappa shape index (κ1) is 21.2. The summed E-state index contributed by atoms with van der Waals surface area (Å²) in [4.78, 5) is 13.9. The molecule has 8 heteroatoms. The number of aliphatic hydroxyl groups is 1. The third-order valence-electron chi connectivity index (χ3n) is 5.87. The molecular formula is C23H23FN2O4S. The van der Waals surface area contributed by atoms with Crippen LogP contribution in [-0.4, -0.2) is 25.1 Å². The number of aliphatic hydroxyl groups excluding tert-OH is 1. The van der Waals surface area contributed by atoms with Crippen molar-refractivity contribution in [2.24, 2.45) is 4.40 Å². The van der Waals surface area contributed by atoms with Crippen molar-refractivity contribution in [1.82, 2.24) is 0 Å². The molecule has 0 radical (unpaired) electrons. The minimum atomic E-state index is -4.08. The molecule has 2 N–H and O–H groups in total. The summed E-state index contributed by atoms with van der Waals surface area (Å²) in [6, 6.07) is 10.2. The summed E-state index contributed by atoms with van der Waals surface area (Å²) in [5, 5.41) is 13.9. The molecular weight excluding hydrogens is 419 g/mol. The molecule has 1 aliphatic heterocycles. The van der Waals surface area contributed by atoms with Gasteiger partial charge in [0.05, 0.1) is 11.1 Å². The van der Waals surface area contributed by atoms with Crippen LogP contribution < -0.4 is 5.32 Å². The number of rotatable bonds is 5. The van der Waals surface area contributed by atoms with Gasteiger partial charge in [0, 0.05) is 5.56 Å². The number of nitrogens with one attached hydrogen (secondary N) is 1. The van der Waals surface area contributed by atoms with Crippen molar-refractivity contribution in [3.05, 3.63) is 65.0 Å². The van der Waals surface area contributed by atoms with Crippen LogP contribution in [0.5, 0.6) is 0 Å². The molecule has 0 fully saturated rings. The monoisotopic (exact) mass is 442 g/mol. The van der Waals surface area contributed by atoms with Crippen LogP contribution in [0.4, 0.5) is 10.1 Å². The quantitative estimate of drug-likeness (QED) is 0.698. The Balaban J connectivity index is 1.99. The summed E-state index contributed by atoms with van der Waals surface area (Å²) >= 11 is 0. The molecule has 0 bridgehead atoms. The van der Waals surface area contributed by atoms with E-state index in [0.29, 0.717) is 31.2 Å². The van der Waals surface area contributed by atoms with Gasteiger partial charge < -0.3 is 10.4 Å². The zero-order valence-corrected chi connectivity index (χ0v) is 18.1. The molecule has 1 aliphatic carbocycles. The van der Waals surface area contributed by atoms with Crippen molar-refractivity contribution in [2.75, 3.05) is 5.32 Å². The lowest BCUT2D eigenvalue weighted by molar-refractivity contribution is -0.121. The van der Waals surface area contributed by atoms with Crippen molar-refractivity contribution >= 4 is 33.1 Å². The molecule has 0 saturated carbocycles. The molecule has 1 heterocycles. The van der Waals surface area contributed by atoms with E-state index >= 15 is 0 Å². The second-order valence-corrected chi connectivity index (χ2v) is 9.43.